The third-order valence-corrected chi connectivity index (χ3v) is 4.42. The third kappa shape index (κ3) is 3.16. The Labute approximate surface area is 119 Å². The number of aryl methyl sites for hydroxylation is 1. The molecule has 0 radical (unpaired) electrons. The van der Waals surface area contributed by atoms with E-state index in [0.717, 1.165) is 32.5 Å². The molecule has 7 nitrogen and oxygen atoms in total. The van der Waals surface area contributed by atoms with Gasteiger partial charge in [-0.25, -0.2) is 9.55 Å². The smallest absolute Gasteiger partial charge is 0.342 e. The molecule has 0 aliphatic carbocycles. The van der Waals surface area contributed by atoms with Crippen LogP contribution in [0, 0.1) is 17.0 Å². The monoisotopic (exact) mass is 281 g/mol. The van der Waals surface area contributed by atoms with Crippen molar-refractivity contribution < 1.29 is 4.92 Å². The highest BCUT2D eigenvalue weighted by Crippen LogP contribution is 2.21. The van der Waals surface area contributed by atoms with Gasteiger partial charge in [-0.05, 0) is 31.7 Å². The molecule has 0 saturated carbocycles. The lowest BCUT2D eigenvalue weighted by molar-refractivity contribution is -0.392. The Morgan fingerprint density at radius 1 is 1.45 bits per heavy atom. The zero-order chi connectivity index (χ0) is 14.8. The van der Waals surface area contributed by atoms with Crippen molar-refractivity contribution in [2.24, 2.45) is 0 Å². The first kappa shape index (κ1) is 14.9. The van der Waals surface area contributed by atoms with Crippen LogP contribution in [0.3, 0.4) is 0 Å². The molecule has 1 aliphatic rings. The molecule has 112 valence electrons. The molecule has 2 rings (SSSR count). The normalized spacial score (nSPS) is 19.1. The molecule has 0 aromatic carbocycles. The van der Waals surface area contributed by atoms with Gasteiger partial charge in [0.25, 0.3) is 0 Å². The second-order valence-corrected chi connectivity index (χ2v) is 5.72. The van der Waals surface area contributed by atoms with Crippen LogP contribution in [0.1, 0.15) is 25.6 Å². The van der Waals surface area contributed by atoms with Crippen LogP contribution in [0.5, 0.6) is 0 Å². The van der Waals surface area contributed by atoms with Crippen molar-refractivity contribution in [1.82, 2.24) is 19.8 Å². The first-order chi connectivity index (χ1) is 9.45. The van der Waals surface area contributed by atoms with Gasteiger partial charge in [0.1, 0.15) is 12.7 Å². The topological polar surface area (TPSA) is 76.2 Å². The van der Waals surface area contributed by atoms with Gasteiger partial charge in [0, 0.05) is 32.1 Å². The van der Waals surface area contributed by atoms with E-state index < -0.39 is 0 Å². The lowest BCUT2D eigenvalue weighted by Gasteiger charge is -2.39. The Morgan fingerprint density at radius 3 is 2.65 bits per heavy atom. The molecule has 1 N–H and O–H groups in total. The van der Waals surface area contributed by atoms with Crippen molar-refractivity contribution >= 4 is 5.82 Å². The van der Waals surface area contributed by atoms with Crippen LogP contribution in [0.4, 0.5) is 5.82 Å². The predicted molar refractivity (Wildman–Crippen MR) is 76.8 cm³/mol. The van der Waals surface area contributed by atoms with Crippen molar-refractivity contribution in [3.63, 3.8) is 0 Å². The fourth-order valence-corrected chi connectivity index (χ4v) is 2.64. The summed E-state index contributed by atoms with van der Waals surface area (Å²) in [7, 11) is 2.01. The van der Waals surface area contributed by atoms with Gasteiger partial charge in [-0.3, -0.25) is 4.90 Å². The Hall–Kier alpha value is -1.47. The van der Waals surface area contributed by atoms with Crippen LogP contribution in [-0.2, 0) is 6.54 Å². The quantitative estimate of drug-likeness (QED) is 0.647. The van der Waals surface area contributed by atoms with Gasteiger partial charge >= 0.3 is 5.82 Å². The molecule has 0 unspecified atom stereocenters. The Balaban J connectivity index is 1.91. The summed E-state index contributed by atoms with van der Waals surface area (Å²) in [6, 6.07) is 0. The number of hydrogen-bond acceptors (Lipinski definition) is 5. The number of nitrogens with zero attached hydrogens (tertiary/aromatic N) is 4. The van der Waals surface area contributed by atoms with E-state index in [1.54, 1.807) is 11.5 Å². The van der Waals surface area contributed by atoms with Gasteiger partial charge in [-0.2, -0.15) is 0 Å². The maximum absolute atomic E-state index is 10.9. The predicted octanol–water partition coefficient (Wildman–Crippen LogP) is 1.17. The third-order valence-electron chi connectivity index (χ3n) is 4.42. The number of likely N-dealkylation sites (tertiary alicyclic amines) is 1. The van der Waals surface area contributed by atoms with E-state index in [1.807, 2.05) is 7.05 Å². The molecule has 1 aromatic rings. The summed E-state index contributed by atoms with van der Waals surface area (Å²) in [5.74, 6) is 0.786. The van der Waals surface area contributed by atoms with Crippen LogP contribution in [0.25, 0.3) is 0 Å². The lowest BCUT2D eigenvalue weighted by atomic mass is 9.90. The van der Waals surface area contributed by atoms with Gasteiger partial charge in [0.2, 0.25) is 0 Å². The fourth-order valence-electron chi connectivity index (χ4n) is 2.64. The SMILES string of the molecule is CNC1(C)CCN(CCn2c([N+](=O)[O-])cnc2C)CC1. The van der Waals surface area contributed by atoms with E-state index >= 15 is 0 Å². The summed E-state index contributed by atoms with van der Waals surface area (Å²) in [6.45, 7) is 7.56. The largest absolute Gasteiger partial charge is 0.358 e. The van der Waals surface area contributed by atoms with E-state index in [-0.39, 0.29) is 16.3 Å². The van der Waals surface area contributed by atoms with Crippen molar-refractivity contribution in [2.75, 3.05) is 26.7 Å². The highest BCUT2D eigenvalue weighted by molar-refractivity contribution is 5.18. The standard InChI is InChI=1S/C13H23N5O2/c1-11-15-10-12(18(19)20)17(11)9-8-16-6-4-13(2,14-3)5-7-16/h10,14H,4-9H2,1-3H3. The number of piperidine rings is 1. The minimum Gasteiger partial charge on any atom is -0.358 e. The van der Waals surface area contributed by atoms with E-state index in [0.29, 0.717) is 12.4 Å². The van der Waals surface area contributed by atoms with Crippen LogP contribution in [0.2, 0.25) is 0 Å². The van der Waals surface area contributed by atoms with Gasteiger partial charge in [0.15, 0.2) is 5.82 Å². The second kappa shape index (κ2) is 5.88. The molecule has 2 heterocycles. The first-order valence-electron chi connectivity index (χ1n) is 7.03. The van der Waals surface area contributed by atoms with Gasteiger partial charge in [-0.1, -0.05) is 0 Å². The van der Waals surface area contributed by atoms with Crippen LogP contribution in [0.15, 0.2) is 6.20 Å². The minimum atomic E-state index is -0.367. The molecular weight excluding hydrogens is 258 g/mol. The molecule has 1 saturated heterocycles. The number of nitrogens with one attached hydrogen (secondary N) is 1. The number of hydrogen-bond donors (Lipinski definition) is 1. The molecule has 0 atom stereocenters. The summed E-state index contributed by atoms with van der Waals surface area (Å²) in [5, 5.41) is 14.3. The molecule has 20 heavy (non-hydrogen) atoms. The summed E-state index contributed by atoms with van der Waals surface area (Å²) >= 11 is 0. The summed E-state index contributed by atoms with van der Waals surface area (Å²) in [4.78, 5) is 17.0. The van der Waals surface area contributed by atoms with Crippen LogP contribution >= 0.6 is 0 Å². The zero-order valence-electron chi connectivity index (χ0n) is 12.4. The molecule has 0 amide bonds. The van der Waals surface area contributed by atoms with Gasteiger partial charge in [-0.15, -0.1) is 0 Å². The first-order valence-corrected chi connectivity index (χ1v) is 7.03. The Morgan fingerprint density at radius 2 is 2.10 bits per heavy atom. The summed E-state index contributed by atoms with van der Waals surface area (Å²) < 4.78 is 1.69. The molecular formula is C13H23N5O2. The number of nitro groups is 1. The van der Waals surface area contributed by atoms with Crippen molar-refractivity contribution in [2.45, 2.75) is 38.8 Å². The van der Waals surface area contributed by atoms with Crippen LogP contribution < -0.4 is 5.32 Å². The number of aromatic nitrogens is 2. The van der Waals surface area contributed by atoms with E-state index in [1.165, 1.54) is 6.20 Å². The molecule has 1 fully saturated rings. The number of rotatable bonds is 5. The maximum atomic E-state index is 10.9. The van der Waals surface area contributed by atoms with E-state index in [4.69, 9.17) is 0 Å². The van der Waals surface area contributed by atoms with E-state index in [2.05, 4.69) is 22.1 Å². The molecule has 0 spiro atoms. The van der Waals surface area contributed by atoms with E-state index in [9.17, 15) is 10.1 Å². The van der Waals surface area contributed by atoms with Crippen molar-refractivity contribution in [1.29, 1.82) is 0 Å². The molecule has 1 aromatic heterocycles. The van der Waals surface area contributed by atoms with Crippen molar-refractivity contribution in [3.8, 4) is 0 Å². The van der Waals surface area contributed by atoms with Gasteiger partial charge in [0.05, 0.1) is 0 Å². The lowest BCUT2D eigenvalue weighted by Crippen LogP contribution is -2.50. The molecule has 0 bridgehead atoms. The Bertz CT molecular complexity index is 477. The second-order valence-electron chi connectivity index (χ2n) is 5.72. The number of imidazole rings is 1. The zero-order valence-corrected chi connectivity index (χ0v) is 12.4. The van der Waals surface area contributed by atoms with Crippen molar-refractivity contribution in [3.05, 3.63) is 22.1 Å². The molecule has 7 heteroatoms. The maximum Gasteiger partial charge on any atom is 0.342 e. The minimum absolute atomic E-state index is 0.0829. The average Bonchev–Trinajstić information content (AvgIpc) is 2.80. The summed E-state index contributed by atoms with van der Waals surface area (Å²) in [6.07, 6.45) is 3.55. The Kier molecular flexibility index (Phi) is 4.39. The fraction of sp³-hybridized carbons (Fsp3) is 0.769. The molecule has 1 aliphatic heterocycles. The summed E-state index contributed by atoms with van der Waals surface area (Å²) in [5.41, 5.74) is 0.230. The average molecular weight is 281 g/mol. The highest BCUT2D eigenvalue weighted by Gasteiger charge is 2.28. The van der Waals surface area contributed by atoms with Gasteiger partial charge < -0.3 is 15.4 Å². The highest BCUT2D eigenvalue weighted by atomic mass is 16.6. The van der Waals surface area contributed by atoms with Crippen LogP contribution in [-0.4, -0.2) is 51.6 Å².